The first-order valence-corrected chi connectivity index (χ1v) is 10.1. The summed E-state index contributed by atoms with van der Waals surface area (Å²) >= 11 is 5.77. The summed E-state index contributed by atoms with van der Waals surface area (Å²) in [5.41, 5.74) is 0.364. The van der Waals surface area contributed by atoms with Crippen LogP contribution < -0.4 is 15.5 Å². The van der Waals surface area contributed by atoms with Crippen molar-refractivity contribution in [2.24, 2.45) is 5.92 Å². The molecule has 3 rings (SSSR count). The Hall–Kier alpha value is -2.94. The molecule has 0 aliphatic carbocycles. The molecule has 3 amide bonds. The molecule has 160 valence electrons. The van der Waals surface area contributed by atoms with Crippen molar-refractivity contribution in [3.8, 4) is 0 Å². The van der Waals surface area contributed by atoms with E-state index >= 15 is 0 Å². The number of piperazine rings is 1. The lowest BCUT2D eigenvalue weighted by Crippen LogP contribution is -2.56. The van der Waals surface area contributed by atoms with E-state index in [9.17, 15) is 14.0 Å². The highest BCUT2D eigenvalue weighted by atomic mass is 35.5. The Labute approximate surface area is 179 Å². The van der Waals surface area contributed by atoms with Crippen LogP contribution in [0.25, 0.3) is 0 Å². The van der Waals surface area contributed by atoms with Gasteiger partial charge >= 0.3 is 6.03 Å². The number of urea groups is 1. The second kappa shape index (κ2) is 9.71. The number of aromatic nitrogens is 2. The third-order valence-electron chi connectivity index (χ3n) is 4.82. The molecule has 2 heterocycles. The number of carbonyl (C=O) groups is 2. The van der Waals surface area contributed by atoms with E-state index in [1.807, 2.05) is 18.7 Å². The summed E-state index contributed by atoms with van der Waals surface area (Å²) in [5.74, 6) is -0.473. The lowest BCUT2D eigenvalue weighted by molar-refractivity contribution is -0.118. The second-order valence-corrected chi connectivity index (χ2v) is 7.72. The molecular weight excluding hydrogens is 411 g/mol. The molecule has 1 unspecified atom stereocenters. The maximum absolute atomic E-state index is 13.3. The molecule has 1 aliphatic heterocycles. The van der Waals surface area contributed by atoms with Gasteiger partial charge in [0.1, 0.15) is 11.9 Å². The molecule has 2 N–H and O–H groups in total. The maximum Gasteiger partial charge on any atom is 0.318 e. The van der Waals surface area contributed by atoms with E-state index < -0.39 is 17.8 Å². The first kappa shape index (κ1) is 21.8. The summed E-state index contributed by atoms with van der Waals surface area (Å²) in [4.78, 5) is 37.6. The fraction of sp³-hybridized carbons (Fsp3) is 0.400. The Morgan fingerprint density at radius 1 is 1.13 bits per heavy atom. The first-order valence-electron chi connectivity index (χ1n) is 9.68. The van der Waals surface area contributed by atoms with Gasteiger partial charge < -0.3 is 20.4 Å². The van der Waals surface area contributed by atoms with Gasteiger partial charge in [0.2, 0.25) is 11.9 Å². The molecule has 0 bridgehead atoms. The normalized spacial score (nSPS) is 15.1. The minimum absolute atomic E-state index is 0.0850. The summed E-state index contributed by atoms with van der Waals surface area (Å²) < 4.78 is 13.3. The molecule has 1 aromatic carbocycles. The molecule has 1 atom stereocenters. The molecule has 0 radical (unpaired) electrons. The number of hydrogen-bond donors (Lipinski definition) is 2. The van der Waals surface area contributed by atoms with Crippen molar-refractivity contribution in [1.29, 1.82) is 0 Å². The van der Waals surface area contributed by atoms with Crippen LogP contribution in [-0.4, -0.2) is 59.0 Å². The van der Waals surface area contributed by atoms with Crippen LogP contribution in [0.1, 0.15) is 13.8 Å². The Bertz CT molecular complexity index is 890. The van der Waals surface area contributed by atoms with Gasteiger partial charge in [0, 0.05) is 44.3 Å². The summed E-state index contributed by atoms with van der Waals surface area (Å²) in [6.45, 7) is 5.86. The van der Waals surface area contributed by atoms with Gasteiger partial charge in [-0.25, -0.2) is 19.2 Å². The number of halogens is 2. The van der Waals surface area contributed by atoms with Gasteiger partial charge in [-0.3, -0.25) is 4.79 Å². The molecule has 0 saturated carbocycles. The third kappa shape index (κ3) is 5.35. The number of nitrogens with one attached hydrogen (secondary N) is 2. The van der Waals surface area contributed by atoms with E-state index in [1.54, 1.807) is 23.4 Å². The van der Waals surface area contributed by atoms with E-state index in [1.165, 1.54) is 18.2 Å². The summed E-state index contributed by atoms with van der Waals surface area (Å²) in [6, 6.07) is 4.62. The monoisotopic (exact) mass is 434 g/mol. The Morgan fingerprint density at radius 2 is 1.80 bits per heavy atom. The van der Waals surface area contributed by atoms with Crippen LogP contribution in [0.5, 0.6) is 0 Å². The number of hydrogen-bond acceptors (Lipinski definition) is 5. The first-order chi connectivity index (χ1) is 14.3. The minimum Gasteiger partial charge on any atom is -0.337 e. The molecular formula is C20H24ClFN6O2. The van der Waals surface area contributed by atoms with Crippen molar-refractivity contribution in [3.63, 3.8) is 0 Å². The van der Waals surface area contributed by atoms with Crippen molar-refractivity contribution in [3.05, 3.63) is 47.5 Å². The highest BCUT2D eigenvalue weighted by Crippen LogP contribution is 2.20. The number of amides is 3. The topological polar surface area (TPSA) is 90.5 Å². The molecule has 0 spiro atoms. The average Bonchev–Trinajstić information content (AvgIpc) is 2.75. The molecule has 30 heavy (non-hydrogen) atoms. The van der Waals surface area contributed by atoms with Crippen molar-refractivity contribution in [2.45, 2.75) is 19.9 Å². The van der Waals surface area contributed by atoms with Gasteiger partial charge in [0.05, 0.1) is 5.02 Å². The van der Waals surface area contributed by atoms with E-state index in [-0.39, 0.29) is 17.0 Å². The van der Waals surface area contributed by atoms with E-state index in [0.717, 1.165) is 0 Å². The van der Waals surface area contributed by atoms with Crippen molar-refractivity contribution >= 4 is 35.2 Å². The maximum atomic E-state index is 13.3. The molecule has 10 heteroatoms. The lowest BCUT2D eigenvalue weighted by atomic mass is 10.0. The molecule has 1 saturated heterocycles. The number of anilines is 2. The Kier molecular flexibility index (Phi) is 7.04. The van der Waals surface area contributed by atoms with Gasteiger partial charge in [-0.15, -0.1) is 0 Å². The van der Waals surface area contributed by atoms with Crippen LogP contribution in [0.3, 0.4) is 0 Å². The van der Waals surface area contributed by atoms with Gasteiger partial charge in [0.25, 0.3) is 0 Å². The van der Waals surface area contributed by atoms with Crippen molar-refractivity contribution in [1.82, 2.24) is 20.2 Å². The number of carbonyl (C=O) groups excluding carboxylic acids is 2. The molecule has 1 aromatic heterocycles. The number of rotatable bonds is 5. The predicted molar refractivity (Wildman–Crippen MR) is 113 cm³/mol. The predicted octanol–water partition coefficient (Wildman–Crippen LogP) is 2.76. The minimum atomic E-state index is -0.753. The van der Waals surface area contributed by atoms with Crippen molar-refractivity contribution < 1.29 is 14.0 Å². The number of nitrogens with zero attached hydrogens (tertiary/aromatic N) is 4. The highest BCUT2D eigenvalue weighted by molar-refractivity contribution is 6.31. The van der Waals surface area contributed by atoms with Gasteiger partial charge in [-0.05, 0) is 30.2 Å². The highest BCUT2D eigenvalue weighted by Gasteiger charge is 2.28. The Balaban J connectivity index is 1.57. The second-order valence-electron chi connectivity index (χ2n) is 7.31. The van der Waals surface area contributed by atoms with Crippen LogP contribution >= 0.6 is 11.6 Å². The van der Waals surface area contributed by atoms with Crippen molar-refractivity contribution in [2.75, 3.05) is 36.4 Å². The fourth-order valence-electron chi connectivity index (χ4n) is 3.12. The Morgan fingerprint density at radius 3 is 2.40 bits per heavy atom. The summed E-state index contributed by atoms with van der Waals surface area (Å²) in [7, 11) is 0. The van der Waals surface area contributed by atoms with Gasteiger partial charge in [-0.2, -0.15) is 0 Å². The molecule has 1 fully saturated rings. The zero-order chi connectivity index (χ0) is 21.7. The smallest absolute Gasteiger partial charge is 0.318 e. The SMILES string of the molecule is CC(C)C(NC(=O)N1CCN(c2ncccn2)CC1)C(=O)Nc1ccc(F)c(Cl)c1. The quantitative estimate of drug-likeness (QED) is 0.755. The van der Waals surface area contributed by atoms with E-state index in [2.05, 4.69) is 20.6 Å². The van der Waals surface area contributed by atoms with Gasteiger partial charge in [-0.1, -0.05) is 25.4 Å². The standard InChI is InChI=1S/C20H24ClFN6O2/c1-13(2)17(18(29)25-14-4-5-16(22)15(21)12-14)26-20(30)28-10-8-27(9-11-28)19-23-6-3-7-24-19/h3-7,12-13,17H,8-11H2,1-2H3,(H,25,29)(H,26,30). The average molecular weight is 435 g/mol. The van der Waals surface area contributed by atoms with Crippen LogP contribution in [-0.2, 0) is 4.79 Å². The van der Waals surface area contributed by atoms with Crippen LogP contribution in [0, 0.1) is 11.7 Å². The lowest BCUT2D eigenvalue weighted by Gasteiger charge is -2.35. The summed E-state index contributed by atoms with van der Waals surface area (Å²) in [6.07, 6.45) is 3.36. The van der Waals surface area contributed by atoms with E-state index in [0.29, 0.717) is 37.8 Å². The zero-order valence-electron chi connectivity index (χ0n) is 16.8. The third-order valence-corrected chi connectivity index (χ3v) is 5.11. The fourth-order valence-corrected chi connectivity index (χ4v) is 3.30. The van der Waals surface area contributed by atoms with E-state index in [4.69, 9.17) is 11.6 Å². The van der Waals surface area contributed by atoms with Crippen LogP contribution in [0.4, 0.5) is 20.8 Å². The molecule has 8 nitrogen and oxygen atoms in total. The number of benzene rings is 1. The van der Waals surface area contributed by atoms with Gasteiger partial charge in [0.15, 0.2) is 0 Å². The molecule has 2 aromatic rings. The molecule has 1 aliphatic rings. The van der Waals surface area contributed by atoms with Crippen LogP contribution in [0.2, 0.25) is 5.02 Å². The van der Waals surface area contributed by atoms with Crippen LogP contribution in [0.15, 0.2) is 36.7 Å². The summed E-state index contributed by atoms with van der Waals surface area (Å²) in [5, 5.41) is 5.40. The zero-order valence-corrected chi connectivity index (χ0v) is 17.6. The largest absolute Gasteiger partial charge is 0.337 e.